The fraction of sp³-hybridized carbons (Fsp3) is 0.0909. The molecular formula is C11H7ClFN3OS. The largest absolute Gasteiger partial charge is 0.341 e. The number of nitriles is 1. The van der Waals surface area contributed by atoms with Crippen LogP contribution in [0.25, 0.3) is 0 Å². The van der Waals surface area contributed by atoms with Gasteiger partial charge < -0.3 is 5.32 Å². The molecule has 1 heterocycles. The van der Waals surface area contributed by atoms with Crippen molar-refractivity contribution in [1.82, 2.24) is 3.96 Å². The standard InChI is InChI=1S/C11H7ClFN3OS/c1-16-11(17)6(5-14)10(18-16)15-9-7(12)3-2-4-8(9)13/h2-4,15H,1H3. The summed E-state index contributed by atoms with van der Waals surface area (Å²) in [7, 11) is 1.53. The van der Waals surface area contributed by atoms with Crippen LogP contribution in [0.5, 0.6) is 0 Å². The summed E-state index contributed by atoms with van der Waals surface area (Å²) in [4.78, 5) is 11.6. The molecule has 0 radical (unpaired) electrons. The third-order valence-corrected chi connectivity index (χ3v) is 3.51. The molecule has 0 bridgehead atoms. The first-order valence-electron chi connectivity index (χ1n) is 4.86. The lowest BCUT2D eigenvalue weighted by Crippen LogP contribution is -2.11. The van der Waals surface area contributed by atoms with Gasteiger partial charge in [0.1, 0.15) is 16.9 Å². The van der Waals surface area contributed by atoms with Crippen LogP contribution in [0.4, 0.5) is 15.1 Å². The number of anilines is 2. The highest BCUT2D eigenvalue weighted by molar-refractivity contribution is 7.11. The van der Waals surface area contributed by atoms with E-state index in [9.17, 15) is 9.18 Å². The van der Waals surface area contributed by atoms with E-state index in [2.05, 4.69) is 5.32 Å². The molecule has 1 aromatic carbocycles. The summed E-state index contributed by atoms with van der Waals surface area (Å²) in [6.07, 6.45) is 0. The second-order valence-electron chi connectivity index (χ2n) is 3.43. The molecule has 2 aromatic rings. The lowest BCUT2D eigenvalue weighted by molar-refractivity contribution is 0.632. The molecule has 0 atom stereocenters. The molecule has 0 aliphatic heterocycles. The topological polar surface area (TPSA) is 57.8 Å². The van der Waals surface area contributed by atoms with Crippen molar-refractivity contribution in [2.24, 2.45) is 7.05 Å². The second kappa shape index (κ2) is 4.80. The molecule has 92 valence electrons. The maximum absolute atomic E-state index is 13.6. The van der Waals surface area contributed by atoms with Gasteiger partial charge in [-0.1, -0.05) is 17.7 Å². The monoisotopic (exact) mass is 283 g/mol. The summed E-state index contributed by atoms with van der Waals surface area (Å²) >= 11 is 6.88. The lowest BCUT2D eigenvalue weighted by Gasteiger charge is -2.06. The predicted molar refractivity (Wildman–Crippen MR) is 69.0 cm³/mol. The molecular weight excluding hydrogens is 277 g/mol. The van der Waals surface area contributed by atoms with Crippen molar-refractivity contribution in [3.8, 4) is 6.07 Å². The van der Waals surface area contributed by atoms with Gasteiger partial charge in [-0.2, -0.15) is 5.26 Å². The minimum absolute atomic E-state index is 0.0533. The number of aryl methyl sites for hydroxylation is 1. The van der Waals surface area contributed by atoms with Crippen molar-refractivity contribution >= 4 is 33.8 Å². The SMILES string of the molecule is Cn1sc(Nc2c(F)cccc2Cl)c(C#N)c1=O. The number of halogens is 2. The van der Waals surface area contributed by atoms with Gasteiger partial charge >= 0.3 is 0 Å². The third kappa shape index (κ3) is 2.10. The van der Waals surface area contributed by atoms with Crippen LogP contribution >= 0.6 is 23.1 Å². The first kappa shape index (κ1) is 12.6. The zero-order chi connectivity index (χ0) is 13.3. The molecule has 0 fully saturated rings. The summed E-state index contributed by atoms with van der Waals surface area (Å²) < 4.78 is 14.9. The maximum Gasteiger partial charge on any atom is 0.280 e. The molecule has 0 saturated heterocycles. The predicted octanol–water partition coefficient (Wildman–Crippen LogP) is 2.85. The molecule has 4 nitrogen and oxygen atoms in total. The van der Waals surface area contributed by atoms with Crippen LogP contribution in [0.2, 0.25) is 5.02 Å². The quantitative estimate of drug-likeness (QED) is 0.922. The molecule has 2 rings (SSSR count). The average molecular weight is 284 g/mol. The number of aromatic nitrogens is 1. The minimum atomic E-state index is -0.546. The van der Waals surface area contributed by atoms with Gasteiger partial charge in [0.25, 0.3) is 5.56 Å². The summed E-state index contributed by atoms with van der Waals surface area (Å²) in [6, 6.07) is 6.03. The van der Waals surface area contributed by atoms with Crippen LogP contribution in [0.1, 0.15) is 5.56 Å². The molecule has 0 aliphatic carbocycles. The highest BCUT2D eigenvalue weighted by atomic mass is 35.5. The number of benzene rings is 1. The Balaban J connectivity index is 2.51. The van der Waals surface area contributed by atoms with Gasteiger partial charge in [0, 0.05) is 7.05 Å². The fourth-order valence-electron chi connectivity index (χ4n) is 1.39. The highest BCUT2D eigenvalue weighted by Gasteiger charge is 2.15. The Bertz CT molecular complexity index is 681. The maximum atomic E-state index is 13.6. The van der Waals surface area contributed by atoms with Crippen molar-refractivity contribution < 1.29 is 4.39 Å². The lowest BCUT2D eigenvalue weighted by atomic mass is 10.3. The van der Waals surface area contributed by atoms with E-state index in [-0.39, 0.29) is 21.3 Å². The molecule has 0 spiro atoms. The summed E-state index contributed by atoms with van der Waals surface area (Å²) in [5.41, 5.74) is -0.420. The van der Waals surface area contributed by atoms with Crippen LogP contribution < -0.4 is 10.9 Å². The zero-order valence-electron chi connectivity index (χ0n) is 9.20. The van der Waals surface area contributed by atoms with E-state index in [1.807, 2.05) is 0 Å². The van der Waals surface area contributed by atoms with E-state index in [4.69, 9.17) is 16.9 Å². The fourth-order valence-corrected chi connectivity index (χ4v) is 2.42. The molecule has 1 N–H and O–H groups in total. The van der Waals surface area contributed by atoms with Crippen molar-refractivity contribution in [2.45, 2.75) is 0 Å². The highest BCUT2D eigenvalue weighted by Crippen LogP contribution is 2.30. The smallest absolute Gasteiger partial charge is 0.280 e. The van der Waals surface area contributed by atoms with Gasteiger partial charge in [0.05, 0.1) is 10.7 Å². The normalized spacial score (nSPS) is 10.1. The molecule has 7 heteroatoms. The Labute approximate surface area is 111 Å². The Morgan fingerprint density at radius 1 is 1.56 bits per heavy atom. The van der Waals surface area contributed by atoms with Gasteiger partial charge in [0.2, 0.25) is 0 Å². The molecule has 18 heavy (non-hydrogen) atoms. The van der Waals surface area contributed by atoms with E-state index in [1.54, 1.807) is 6.07 Å². The number of para-hydroxylation sites is 1. The average Bonchev–Trinajstić information content (AvgIpc) is 2.60. The molecule has 0 aliphatic rings. The van der Waals surface area contributed by atoms with Crippen LogP contribution in [-0.2, 0) is 7.05 Å². The van der Waals surface area contributed by atoms with Gasteiger partial charge in [-0.25, -0.2) is 4.39 Å². The Morgan fingerprint density at radius 3 is 2.89 bits per heavy atom. The Hall–Kier alpha value is -1.84. The third-order valence-electron chi connectivity index (χ3n) is 2.27. The van der Waals surface area contributed by atoms with E-state index >= 15 is 0 Å². The van der Waals surface area contributed by atoms with Crippen LogP contribution in [0.15, 0.2) is 23.0 Å². The number of hydrogen-bond donors (Lipinski definition) is 1. The molecule has 0 saturated carbocycles. The number of nitrogens with zero attached hydrogens (tertiary/aromatic N) is 2. The summed E-state index contributed by atoms with van der Waals surface area (Å²) in [5, 5.41) is 12.1. The Kier molecular flexibility index (Phi) is 3.36. The number of rotatable bonds is 2. The van der Waals surface area contributed by atoms with Crippen molar-refractivity contribution in [3.63, 3.8) is 0 Å². The first-order chi connectivity index (χ1) is 8.54. The van der Waals surface area contributed by atoms with E-state index < -0.39 is 11.4 Å². The van der Waals surface area contributed by atoms with Crippen molar-refractivity contribution in [1.29, 1.82) is 5.26 Å². The van der Waals surface area contributed by atoms with Gasteiger partial charge in [-0.05, 0) is 23.7 Å². The number of hydrogen-bond acceptors (Lipinski definition) is 4. The van der Waals surface area contributed by atoms with Crippen LogP contribution in [0.3, 0.4) is 0 Å². The molecule has 0 unspecified atom stereocenters. The number of nitrogens with one attached hydrogen (secondary N) is 1. The summed E-state index contributed by atoms with van der Waals surface area (Å²) in [5.74, 6) is -0.546. The summed E-state index contributed by atoms with van der Waals surface area (Å²) in [6.45, 7) is 0. The Morgan fingerprint density at radius 2 is 2.28 bits per heavy atom. The molecule has 1 aromatic heterocycles. The van der Waals surface area contributed by atoms with E-state index in [0.717, 1.165) is 11.5 Å². The minimum Gasteiger partial charge on any atom is -0.341 e. The van der Waals surface area contributed by atoms with E-state index in [1.165, 1.54) is 29.2 Å². The second-order valence-corrected chi connectivity index (χ2v) is 4.98. The van der Waals surface area contributed by atoms with Gasteiger partial charge in [-0.15, -0.1) is 0 Å². The first-order valence-corrected chi connectivity index (χ1v) is 6.01. The van der Waals surface area contributed by atoms with E-state index in [0.29, 0.717) is 0 Å². The van der Waals surface area contributed by atoms with Gasteiger partial charge in [0.15, 0.2) is 5.56 Å². The van der Waals surface area contributed by atoms with Crippen LogP contribution in [-0.4, -0.2) is 3.96 Å². The van der Waals surface area contributed by atoms with Crippen molar-refractivity contribution in [2.75, 3.05) is 5.32 Å². The van der Waals surface area contributed by atoms with Gasteiger partial charge in [-0.3, -0.25) is 8.75 Å². The zero-order valence-corrected chi connectivity index (χ0v) is 10.8. The van der Waals surface area contributed by atoms with Crippen molar-refractivity contribution in [3.05, 3.63) is 45.0 Å². The molecule has 0 amide bonds. The van der Waals surface area contributed by atoms with Crippen LogP contribution in [0, 0.1) is 17.1 Å².